The van der Waals surface area contributed by atoms with Crippen LogP contribution in [-0.2, 0) is 35.2 Å². The largest absolute Gasteiger partial charge is 0.459 e. The summed E-state index contributed by atoms with van der Waals surface area (Å²) in [5.74, 6) is -1.39. The Kier molecular flexibility index (Phi) is 9.68. The average Bonchev–Trinajstić information content (AvgIpc) is 3.23. The second-order valence-electron chi connectivity index (χ2n) is 10.6. The van der Waals surface area contributed by atoms with Crippen molar-refractivity contribution in [1.82, 2.24) is 10.2 Å². The Morgan fingerprint density at radius 1 is 1.00 bits per heavy atom. The number of ether oxygens (including phenoxy) is 3. The van der Waals surface area contributed by atoms with E-state index >= 15 is 0 Å². The minimum Gasteiger partial charge on any atom is -0.459 e. The Hall–Kier alpha value is -3.10. The molecule has 1 aromatic carbocycles. The van der Waals surface area contributed by atoms with Crippen molar-refractivity contribution in [3.8, 4) is 0 Å². The number of benzene rings is 1. The van der Waals surface area contributed by atoms with E-state index in [-0.39, 0.29) is 25.4 Å². The van der Waals surface area contributed by atoms with E-state index in [1.807, 2.05) is 30.3 Å². The molecule has 0 saturated carbocycles. The number of nitrogens with one attached hydrogen (secondary N) is 1. The number of hydrogen-bond donors (Lipinski definition) is 1. The molecular weight excluding hydrogens is 452 g/mol. The summed E-state index contributed by atoms with van der Waals surface area (Å²) in [7, 11) is 0. The van der Waals surface area contributed by atoms with Crippen LogP contribution >= 0.6 is 0 Å². The van der Waals surface area contributed by atoms with Gasteiger partial charge < -0.3 is 24.4 Å². The van der Waals surface area contributed by atoms with Crippen molar-refractivity contribution < 1.29 is 33.4 Å². The zero-order chi connectivity index (χ0) is 26.2. The van der Waals surface area contributed by atoms with Gasteiger partial charge >= 0.3 is 18.0 Å². The fourth-order valence-corrected chi connectivity index (χ4v) is 3.62. The van der Waals surface area contributed by atoms with Crippen molar-refractivity contribution in [2.45, 2.75) is 97.1 Å². The van der Waals surface area contributed by atoms with Gasteiger partial charge in [-0.1, -0.05) is 30.3 Å². The molecule has 0 aliphatic carbocycles. The van der Waals surface area contributed by atoms with Gasteiger partial charge in [-0.2, -0.15) is 0 Å². The van der Waals surface area contributed by atoms with Crippen LogP contribution in [0.4, 0.5) is 4.79 Å². The number of carbonyl (C=O) groups excluding carboxylic acids is 4. The Morgan fingerprint density at radius 3 is 2.23 bits per heavy atom. The predicted octanol–water partition coefficient (Wildman–Crippen LogP) is 3.74. The molecule has 194 valence electrons. The zero-order valence-corrected chi connectivity index (χ0v) is 21.6. The van der Waals surface area contributed by atoms with Crippen molar-refractivity contribution in [1.29, 1.82) is 0 Å². The molecule has 1 N–H and O–H groups in total. The monoisotopic (exact) mass is 490 g/mol. The lowest BCUT2D eigenvalue weighted by atomic mass is 10.1. The number of nitrogens with zero attached hydrogens (tertiary/aromatic N) is 1. The normalized spacial score (nSPS) is 16.9. The third-order valence-electron chi connectivity index (χ3n) is 5.10. The molecule has 2 rings (SSSR count). The average molecular weight is 491 g/mol. The lowest BCUT2D eigenvalue weighted by Crippen LogP contribution is -2.46. The van der Waals surface area contributed by atoms with Crippen molar-refractivity contribution in [2.75, 3.05) is 6.54 Å². The number of alkyl carbamates (subject to hydrolysis) is 1. The molecule has 1 fully saturated rings. The summed E-state index contributed by atoms with van der Waals surface area (Å²) < 4.78 is 16.1. The first kappa shape index (κ1) is 28.1. The maximum absolute atomic E-state index is 13.0. The van der Waals surface area contributed by atoms with Crippen LogP contribution in [-0.4, -0.2) is 58.7 Å². The summed E-state index contributed by atoms with van der Waals surface area (Å²) in [6.07, 6.45) is 0.386. The molecule has 1 aromatic rings. The molecule has 0 spiro atoms. The van der Waals surface area contributed by atoms with Crippen molar-refractivity contribution in [3.05, 3.63) is 35.9 Å². The minimum atomic E-state index is -1.08. The number of likely N-dealkylation sites (tertiary alicyclic amines) is 1. The van der Waals surface area contributed by atoms with E-state index in [1.165, 1.54) is 4.90 Å². The number of rotatable bonds is 8. The molecule has 1 aliphatic rings. The van der Waals surface area contributed by atoms with E-state index in [0.717, 1.165) is 5.56 Å². The van der Waals surface area contributed by atoms with E-state index < -0.39 is 41.3 Å². The topological polar surface area (TPSA) is 111 Å². The van der Waals surface area contributed by atoms with Gasteiger partial charge in [0.1, 0.15) is 29.9 Å². The highest BCUT2D eigenvalue weighted by Gasteiger charge is 2.37. The SMILES string of the molecule is CC(C)(C)OC(=O)NC(CCC(=O)N1CCC[C@H]1C(=O)OC(C)(C)C)C(=O)OCc1ccccc1. The van der Waals surface area contributed by atoms with Crippen LogP contribution in [0.3, 0.4) is 0 Å². The number of hydrogen-bond acceptors (Lipinski definition) is 7. The zero-order valence-electron chi connectivity index (χ0n) is 21.6. The maximum atomic E-state index is 13.0. The highest BCUT2D eigenvalue weighted by atomic mass is 16.6. The van der Waals surface area contributed by atoms with Crippen LogP contribution in [0.5, 0.6) is 0 Å². The summed E-state index contributed by atoms with van der Waals surface area (Å²) >= 11 is 0. The molecule has 9 nitrogen and oxygen atoms in total. The van der Waals surface area contributed by atoms with Crippen LogP contribution in [0, 0.1) is 0 Å². The molecule has 35 heavy (non-hydrogen) atoms. The molecule has 1 aliphatic heterocycles. The molecule has 2 amide bonds. The van der Waals surface area contributed by atoms with Gasteiger partial charge in [-0.3, -0.25) is 4.79 Å². The van der Waals surface area contributed by atoms with Gasteiger partial charge in [-0.05, 0) is 66.4 Å². The summed E-state index contributed by atoms with van der Waals surface area (Å²) in [5, 5.41) is 2.52. The molecule has 0 aromatic heterocycles. The molecular formula is C26H38N2O7. The number of carbonyl (C=O) groups is 4. The van der Waals surface area contributed by atoms with Crippen LogP contribution in [0.25, 0.3) is 0 Å². The van der Waals surface area contributed by atoms with Crippen molar-refractivity contribution >= 4 is 23.9 Å². The fraction of sp³-hybridized carbons (Fsp3) is 0.615. The standard InChI is InChI=1S/C26H38N2O7/c1-25(2,3)34-23(31)20-13-10-16-28(20)21(29)15-14-19(27-24(32)35-26(4,5)6)22(30)33-17-18-11-8-7-9-12-18/h7-9,11-12,19-20H,10,13-17H2,1-6H3,(H,27,32)/t19?,20-/m0/s1. The van der Waals surface area contributed by atoms with Crippen LogP contribution in [0.1, 0.15) is 72.8 Å². The quantitative estimate of drug-likeness (QED) is 0.436. The van der Waals surface area contributed by atoms with E-state index in [9.17, 15) is 19.2 Å². The predicted molar refractivity (Wildman–Crippen MR) is 129 cm³/mol. The Balaban J connectivity index is 2.03. The van der Waals surface area contributed by atoms with Crippen molar-refractivity contribution in [2.24, 2.45) is 0 Å². The van der Waals surface area contributed by atoms with Crippen LogP contribution in [0.2, 0.25) is 0 Å². The second-order valence-corrected chi connectivity index (χ2v) is 10.6. The van der Waals surface area contributed by atoms with Gasteiger partial charge in [0, 0.05) is 13.0 Å². The van der Waals surface area contributed by atoms with Gasteiger partial charge in [-0.15, -0.1) is 0 Å². The molecule has 0 radical (unpaired) electrons. The summed E-state index contributed by atoms with van der Waals surface area (Å²) in [4.78, 5) is 52.1. The van der Waals surface area contributed by atoms with E-state index in [0.29, 0.717) is 19.4 Å². The smallest absolute Gasteiger partial charge is 0.408 e. The van der Waals surface area contributed by atoms with Gasteiger partial charge in [0.05, 0.1) is 0 Å². The van der Waals surface area contributed by atoms with Crippen LogP contribution in [0.15, 0.2) is 30.3 Å². The van der Waals surface area contributed by atoms with E-state index in [4.69, 9.17) is 14.2 Å². The first-order valence-corrected chi connectivity index (χ1v) is 12.0. The first-order valence-electron chi connectivity index (χ1n) is 12.0. The molecule has 1 saturated heterocycles. The second kappa shape index (κ2) is 12.0. The summed E-state index contributed by atoms with van der Waals surface area (Å²) in [5.41, 5.74) is -0.612. The molecule has 1 unspecified atom stereocenters. The maximum Gasteiger partial charge on any atom is 0.408 e. The highest BCUT2D eigenvalue weighted by molar-refractivity contribution is 5.86. The number of esters is 2. The van der Waals surface area contributed by atoms with Gasteiger partial charge in [0.15, 0.2) is 0 Å². The van der Waals surface area contributed by atoms with Crippen molar-refractivity contribution in [3.63, 3.8) is 0 Å². The highest BCUT2D eigenvalue weighted by Crippen LogP contribution is 2.22. The fourth-order valence-electron chi connectivity index (χ4n) is 3.62. The third-order valence-corrected chi connectivity index (χ3v) is 5.10. The third kappa shape index (κ3) is 9.96. The van der Waals surface area contributed by atoms with Gasteiger partial charge in [0.25, 0.3) is 0 Å². The first-order chi connectivity index (χ1) is 16.2. The molecule has 0 bridgehead atoms. The van der Waals surface area contributed by atoms with E-state index in [2.05, 4.69) is 5.32 Å². The summed E-state index contributed by atoms with van der Waals surface area (Å²) in [6.45, 7) is 10.9. The van der Waals surface area contributed by atoms with E-state index in [1.54, 1.807) is 41.5 Å². The Labute approximate surface area is 207 Å². The summed E-state index contributed by atoms with van der Waals surface area (Å²) in [6, 6.07) is 7.41. The minimum absolute atomic E-state index is 0.00321. The Bertz CT molecular complexity index is 887. The molecule has 1 heterocycles. The Morgan fingerprint density at radius 2 is 1.63 bits per heavy atom. The van der Waals surface area contributed by atoms with Crippen LogP contribution < -0.4 is 5.32 Å². The lowest BCUT2D eigenvalue weighted by molar-refractivity contribution is -0.163. The molecule has 9 heteroatoms. The van der Waals surface area contributed by atoms with Gasteiger partial charge in [-0.25, -0.2) is 14.4 Å². The lowest BCUT2D eigenvalue weighted by Gasteiger charge is -2.28. The number of amides is 2. The van der Waals surface area contributed by atoms with Gasteiger partial charge in [0.2, 0.25) is 5.91 Å². The molecule has 2 atom stereocenters.